The van der Waals surface area contributed by atoms with Crippen LogP contribution in [0.1, 0.15) is 20.8 Å². The summed E-state index contributed by atoms with van der Waals surface area (Å²) in [5, 5.41) is 2.10. The van der Waals surface area contributed by atoms with Crippen molar-refractivity contribution in [3.63, 3.8) is 0 Å². The van der Waals surface area contributed by atoms with Crippen molar-refractivity contribution >= 4 is 0 Å². The molecule has 0 fully saturated rings. The molecule has 1 rings (SSSR count). The lowest BCUT2D eigenvalue weighted by Crippen LogP contribution is -2.38. The maximum Gasteiger partial charge on any atom is 0.201 e. The summed E-state index contributed by atoms with van der Waals surface area (Å²) in [6.45, 7) is 6.54. The summed E-state index contributed by atoms with van der Waals surface area (Å²) in [7, 11) is 3.74. The van der Waals surface area contributed by atoms with Crippen molar-refractivity contribution in [1.82, 2.24) is 10.4 Å². The van der Waals surface area contributed by atoms with Crippen LogP contribution in [0.2, 0.25) is 0 Å². The molecule has 0 spiro atoms. The second-order valence-electron chi connectivity index (χ2n) is 3.63. The van der Waals surface area contributed by atoms with Crippen molar-refractivity contribution in [3.8, 4) is 0 Å². The molecule has 1 aliphatic rings. The number of ether oxygens (including phenoxy) is 1. The van der Waals surface area contributed by atoms with Crippen LogP contribution >= 0.6 is 0 Å². The van der Waals surface area contributed by atoms with Gasteiger partial charge in [0.15, 0.2) is 0 Å². The average molecular weight is 170 g/mol. The molecule has 1 atom stereocenters. The Morgan fingerprint density at radius 1 is 1.50 bits per heavy atom. The molecule has 0 saturated heterocycles. The molecular weight excluding hydrogens is 152 g/mol. The summed E-state index contributed by atoms with van der Waals surface area (Å²) in [6, 6.07) is 0.458. The van der Waals surface area contributed by atoms with E-state index in [9.17, 15) is 0 Å². The van der Waals surface area contributed by atoms with Crippen LogP contribution in [0, 0.1) is 5.92 Å². The van der Waals surface area contributed by atoms with Crippen molar-refractivity contribution in [1.29, 1.82) is 0 Å². The summed E-state index contributed by atoms with van der Waals surface area (Å²) in [5.41, 5.74) is 4.46. The van der Waals surface area contributed by atoms with Gasteiger partial charge in [-0.1, -0.05) is 13.8 Å². The molecule has 3 heteroatoms. The van der Waals surface area contributed by atoms with Crippen LogP contribution in [-0.2, 0) is 4.74 Å². The maximum absolute atomic E-state index is 5.20. The quantitative estimate of drug-likeness (QED) is 0.677. The number of rotatable bonds is 2. The lowest BCUT2D eigenvalue weighted by molar-refractivity contribution is 0.160. The molecule has 1 aliphatic heterocycles. The van der Waals surface area contributed by atoms with Crippen LogP contribution in [0.25, 0.3) is 0 Å². The molecule has 1 heterocycles. The van der Waals surface area contributed by atoms with Crippen molar-refractivity contribution in [3.05, 3.63) is 11.5 Å². The highest BCUT2D eigenvalue weighted by atomic mass is 16.5. The first kappa shape index (κ1) is 9.39. The molecule has 0 aromatic carbocycles. The molecule has 0 aromatic rings. The van der Waals surface area contributed by atoms with Crippen molar-refractivity contribution in [2.24, 2.45) is 5.92 Å². The number of methoxy groups -OCH3 is 1. The molecule has 0 aliphatic carbocycles. The fourth-order valence-electron chi connectivity index (χ4n) is 1.90. The molecule has 0 amide bonds. The predicted octanol–water partition coefficient (Wildman–Crippen LogP) is 1.34. The van der Waals surface area contributed by atoms with Crippen LogP contribution in [0.15, 0.2) is 11.5 Å². The molecule has 1 N–H and O–H groups in total. The van der Waals surface area contributed by atoms with E-state index in [1.807, 2.05) is 7.05 Å². The molecule has 12 heavy (non-hydrogen) atoms. The van der Waals surface area contributed by atoms with Crippen molar-refractivity contribution in [2.45, 2.75) is 26.8 Å². The van der Waals surface area contributed by atoms with E-state index >= 15 is 0 Å². The third-order valence-corrected chi connectivity index (χ3v) is 2.33. The second kappa shape index (κ2) is 3.35. The van der Waals surface area contributed by atoms with E-state index in [0.29, 0.717) is 12.0 Å². The highest BCUT2D eigenvalue weighted by Gasteiger charge is 2.30. The van der Waals surface area contributed by atoms with Gasteiger partial charge in [0.2, 0.25) is 5.88 Å². The topological polar surface area (TPSA) is 24.5 Å². The van der Waals surface area contributed by atoms with Gasteiger partial charge in [-0.15, -0.1) is 0 Å². The SMILES string of the molecule is COC1=C(C)C(C(C)C)N(C)N1. The minimum Gasteiger partial charge on any atom is -0.482 e. The lowest BCUT2D eigenvalue weighted by Gasteiger charge is -2.23. The predicted molar refractivity (Wildman–Crippen MR) is 49.2 cm³/mol. The third-order valence-electron chi connectivity index (χ3n) is 2.33. The number of likely N-dealkylation sites (N-methyl/N-ethyl adjacent to an activating group) is 1. The highest BCUT2D eigenvalue weighted by Crippen LogP contribution is 2.24. The van der Waals surface area contributed by atoms with E-state index < -0.39 is 0 Å². The minimum atomic E-state index is 0.458. The van der Waals surface area contributed by atoms with Gasteiger partial charge in [0.05, 0.1) is 13.2 Å². The molecule has 0 aromatic heterocycles. The van der Waals surface area contributed by atoms with E-state index in [1.165, 1.54) is 5.57 Å². The summed E-state index contributed by atoms with van der Waals surface area (Å²) < 4.78 is 5.20. The second-order valence-corrected chi connectivity index (χ2v) is 3.63. The zero-order chi connectivity index (χ0) is 9.30. The number of nitrogens with one attached hydrogen (secondary N) is 1. The monoisotopic (exact) mass is 170 g/mol. The van der Waals surface area contributed by atoms with Crippen molar-refractivity contribution in [2.75, 3.05) is 14.2 Å². The smallest absolute Gasteiger partial charge is 0.201 e. The Hall–Kier alpha value is -0.700. The van der Waals surface area contributed by atoms with E-state index in [4.69, 9.17) is 4.74 Å². The summed E-state index contributed by atoms with van der Waals surface area (Å²) in [5.74, 6) is 1.51. The number of nitrogens with zero attached hydrogens (tertiary/aromatic N) is 1. The van der Waals surface area contributed by atoms with Crippen LogP contribution < -0.4 is 5.43 Å². The molecule has 3 nitrogen and oxygen atoms in total. The van der Waals surface area contributed by atoms with Crippen molar-refractivity contribution < 1.29 is 4.74 Å². The summed E-state index contributed by atoms with van der Waals surface area (Å²) in [6.07, 6.45) is 0. The van der Waals surface area contributed by atoms with Crippen LogP contribution in [-0.4, -0.2) is 25.2 Å². The Labute approximate surface area is 74.4 Å². The van der Waals surface area contributed by atoms with Gasteiger partial charge < -0.3 is 4.74 Å². The van der Waals surface area contributed by atoms with E-state index in [-0.39, 0.29) is 0 Å². The van der Waals surface area contributed by atoms with Gasteiger partial charge in [0, 0.05) is 12.6 Å². The standard InChI is InChI=1S/C9H18N2O/c1-6(2)8-7(3)9(12-5)10-11(8)4/h6,8,10H,1-5H3. The van der Waals surface area contributed by atoms with Gasteiger partial charge >= 0.3 is 0 Å². The first-order chi connectivity index (χ1) is 5.57. The summed E-state index contributed by atoms with van der Waals surface area (Å²) in [4.78, 5) is 0. The fraction of sp³-hybridized carbons (Fsp3) is 0.778. The average Bonchev–Trinajstić information content (AvgIpc) is 2.25. The molecule has 1 unspecified atom stereocenters. The summed E-state index contributed by atoms with van der Waals surface area (Å²) >= 11 is 0. The normalized spacial score (nSPS) is 25.0. The number of hydrogen-bond acceptors (Lipinski definition) is 3. The van der Waals surface area contributed by atoms with Gasteiger partial charge in [0.25, 0.3) is 0 Å². The molecule has 0 radical (unpaired) electrons. The maximum atomic E-state index is 5.20. The Bertz CT molecular complexity index is 199. The first-order valence-corrected chi connectivity index (χ1v) is 4.32. The third kappa shape index (κ3) is 1.41. The van der Waals surface area contributed by atoms with Gasteiger partial charge in [-0.05, 0) is 12.8 Å². The highest BCUT2D eigenvalue weighted by molar-refractivity contribution is 5.17. The first-order valence-electron chi connectivity index (χ1n) is 4.32. The van der Waals surface area contributed by atoms with E-state index in [1.54, 1.807) is 7.11 Å². The van der Waals surface area contributed by atoms with Crippen LogP contribution in [0.5, 0.6) is 0 Å². The van der Waals surface area contributed by atoms with E-state index in [0.717, 1.165) is 5.88 Å². The Kier molecular flexibility index (Phi) is 2.62. The molecule has 70 valence electrons. The van der Waals surface area contributed by atoms with Crippen LogP contribution in [0.3, 0.4) is 0 Å². The molecule has 0 saturated carbocycles. The molecular formula is C9H18N2O. The Morgan fingerprint density at radius 2 is 2.08 bits per heavy atom. The zero-order valence-corrected chi connectivity index (χ0v) is 8.51. The fourth-order valence-corrected chi connectivity index (χ4v) is 1.90. The number of hydrazine groups is 1. The lowest BCUT2D eigenvalue weighted by atomic mass is 9.98. The van der Waals surface area contributed by atoms with Gasteiger partial charge in [-0.25, -0.2) is 5.01 Å². The Morgan fingerprint density at radius 3 is 2.33 bits per heavy atom. The molecule has 0 bridgehead atoms. The van der Waals surface area contributed by atoms with Crippen LogP contribution in [0.4, 0.5) is 0 Å². The van der Waals surface area contributed by atoms with Gasteiger partial charge in [-0.3, -0.25) is 5.43 Å². The Balaban J connectivity index is 2.81. The van der Waals surface area contributed by atoms with E-state index in [2.05, 4.69) is 31.2 Å². The zero-order valence-electron chi connectivity index (χ0n) is 8.51. The largest absolute Gasteiger partial charge is 0.482 e. The van der Waals surface area contributed by atoms with Gasteiger partial charge in [-0.2, -0.15) is 0 Å². The number of hydrogen-bond donors (Lipinski definition) is 1. The minimum absolute atomic E-state index is 0.458. The van der Waals surface area contributed by atoms with Gasteiger partial charge in [0.1, 0.15) is 0 Å².